The van der Waals surface area contributed by atoms with E-state index in [-0.39, 0.29) is 18.1 Å². The van der Waals surface area contributed by atoms with Gasteiger partial charge in [-0.2, -0.15) is 0 Å². The van der Waals surface area contributed by atoms with Crippen LogP contribution in [0.4, 0.5) is 0 Å². The summed E-state index contributed by atoms with van der Waals surface area (Å²) in [6, 6.07) is 4.92. The predicted molar refractivity (Wildman–Crippen MR) is 75.4 cm³/mol. The minimum absolute atomic E-state index is 0.191. The number of benzene rings is 1. The molecule has 0 aliphatic heterocycles. The van der Waals surface area contributed by atoms with Gasteiger partial charge in [0.1, 0.15) is 5.75 Å². The molecule has 2 N–H and O–H groups in total. The number of rotatable bonds is 4. The molecule has 4 nitrogen and oxygen atoms in total. The summed E-state index contributed by atoms with van der Waals surface area (Å²) in [6.07, 6.45) is -0.647. The van der Waals surface area contributed by atoms with Gasteiger partial charge in [-0.3, -0.25) is 4.79 Å². The maximum Gasteiger partial charge on any atom is 0.261 e. The lowest BCUT2D eigenvalue weighted by atomic mass is 10.1. The van der Waals surface area contributed by atoms with Crippen molar-refractivity contribution in [2.24, 2.45) is 0 Å². The summed E-state index contributed by atoms with van der Waals surface area (Å²) in [7, 11) is 0. The van der Waals surface area contributed by atoms with Crippen LogP contribution < -0.4 is 10.1 Å². The van der Waals surface area contributed by atoms with Gasteiger partial charge in [-0.05, 0) is 45.9 Å². The number of hydrogen-bond acceptors (Lipinski definition) is 3. The number of amides is 1. The molecule has 5 heteroatoms. The molecule has 106 valence electrons. The van der Waals surface area contributed by atoms with Crippen molar-refractivity contribution in [2.75, 3.05) is 0 Å². The molecule has 1 aromatic carbocycles. The standard InChI is InChI=1S/C14H20ClNO3/c1-9(13(18)16-14(2,3)4)19-12-6-5-11(15)7-10(12)8-17/h5-7,9,17H,8H2,1-4H3,(H,16,18). The molecule has 0 bridgehead atoms. The third-order valence-electron chi connectivity index (χ3n) is 2.36. The minimum atomic E-state index is -0.647. The van der Waals surface area contributed by atoms with Crippen LogP contribution in [0, 0.1) is 0 Å². The van der Waals surface area contributed by atoms with E-state index in [0.29, 0.717) is 16.3 Å². The predicted octanol–water partition coefficient (Wildman–Crippen LogP) is 2.51. The maximum absolute atomic E-state index is 11.9. The molecule has 19 heavy (non-hydrogen) atoms. The Kier molecular flexibility index (Phi) is 5.20. The fourth-order valence-electron chi connectivity index (χ4n) is 1.50. The molecule has 1 unspecified atom stereocenters. The van der Waals surface area contributed by atoms with E-state index >= 15 is 0 Å². The Hall–Kier alpha value is -1.26. The molecule has 1 atom stereocenters. The molecule has 1 amide bonds. The Morgan fingerprint density at radius 1 is 1.47 bits per heavy atom. The molecule has 0 saturated carbocycles. The van der Waals surface area contributed by atoms with Crippen LogP contribution in [0.1, 0.15) is 33.3 Å². The summed E-state index contributed by atoms with van der Waals surface area (Å²) in [6.45, 7) is 7.18. The van der Waals surface area contributed by atoms with Crippen LogP contribution in [0.3, 0.4) is 0 Å². The van der Waals surface area contributed by atoms with Gasteiger partial charge in [-0.25, -0.2) is 0 Å². The Balaban J connectivity index is 2.76. The van der Waals surface area contributed by atoms with E-state index in [4.69, 9.17) is 16.3 Å². The van der Waals surface area contributed by atoms with Crippen LogP contribution in [0.2, 0.25) is 5.02 Å². The summed E-state index contributed by atoms with van der Waals surface area (Å²) < 4.78 is 5.57. The van der Waals surface area contributed by atoms with Crippen molar-refractivity contribution in [3.8, 4) is 5.75 Å². The number of ether oxygens (including phenoxy) is 1. The molecule has 0 heterocycles. The average molecular weight is 286 g/mol. The summed E-state index contributed by atoms with van der Waals surface area (Å²) in [4.78, 5) is 11.9. The molecular formula is C14H20ClNO3. The monoisotopic (exact) mass is 285 g/mol. The highest BCUT2D eigenvalue weighted by molar-refractivity contribution is 6.30. The first kappa shape index (κ1) is 15.8. The van der Waals surface area contributed by atoms with Gasteiger partial charge >= 0.3 is 0 Å². The fourth-order valence-corrected chi connectivity index (χ4v) is 1.70. The first-order valence-electron chi connectivity index (χ1n) is 6.11. The second kappa shape index (κ2) is 6.26. The van der Waals surface area contributed by atoms with Crippen molar-refractivity contribution < 1.29 is 14.6 Å². The van der Waals surface area contributed by atoms with Crippen LogP contribution in [0.25, 0.3) is 0 Å². The Morgan fingerprint density at radius 2 is 2.11 bits per heavy atom. The second-order valence-electron chi connectivity index (χ2n) is 5.41. The maximum atomic E-state index is 11.9. The molecule has 0 saturated heterocycles. The summed E-state index contributed by atoms with van der Waals surface area (Å²) in [5.41, 5.74) is 0.247. The van der Waals surface area contributed by atoms with Gasteiger partial charge in [0.2, 0.25) is 0 Å². The van der Waals surface area contributed by atoms with Crippen molar-refractivity contribution >= 4 is 17.5 Å². The first-order valence-corrected chi connectivity index (χ1v) is 6.48. The summed E-state index contributed by atoms with van der Waals surface area (Å²) in [5, 5.41) is 12.6. The molecule has 0 fully saturated rings. The number of aliphatic hydroxyl groups excluding tert-OH is 1. The number of carbonyl (C=O) groups excluding carboxylic acids is 1. The Labute approximate surface area is 118 Å². The van der Waals surface area contributed by atoms with E-state index in [9.17, 15) is 9.90 Å². The van der Waals surface area contributed by atoms with E-state index in [1.54, 1.807) is 25.1 Å². The highest BCUT2D eigenvalue weighted by atomic mass is 35.5. The Bertz CT molecular complexity index is 454. The minimum Gasteiger partial charge on any atom is -0.481 e. The van der Waals surface area contributed by atoms with Gasteiger partial charge in [0.25, 0.3) is 5.91 Å². The van der Waals surface area contributed by atoms with Gasteiger partial charge in [0.05, 0.1) is 6.61 Å². The van der Waals surface area contributed by atoms with Crippen molar-refractivity contribution in [2.45, 2.75) is 45.9 Å². The quantitative estimate of drug-likeness (QED) is 0.894. The van der Waals surface area contributed by atoms with E-state index < -0.39 is 6.10 Å². The number of carbonyl (C=O) groups is 1. The second-order valence-corrected chi connectivity index (χ2v) is 5.85. The number of nitrogens with one attached hydrogen (secondary N) is 1. The third kappa shape index (κ3) is 5.09. The van der Waals surface area contributed by atoms with Gasteiger partial charge in [-0.1, -0.05) is 11.6 Å². The Morgan fingerprint density at radius 3 is 2.63 bits per heavy atom. The lowest BCUT2D eigenvalue weighted by Crippen LogP contribution is -2.46. The molecule has 1 aromatic rings. The largest absolute Gasteiger partial charge is 0.481 e. The zero-order chi connectivity index (χ0) is 14.6. The van der Waals surface area contributed by atoms with Crippen LogP contribution in [-0.2, 0) is 11.4 Å². The molecular weight excluding hydrogens is 266 g/mol. The van der Waals surface area contributed by atoms with Crippen LogP contribution in [-0.4, -0.2) is 22.7 Å². The van der Waals surface area contributed by atoms with Crippen LogP contribution in [0.15, 0.2) is 18.2 Å². The normalized spacial score (nSPS) is 12.9. The topological polar surface area (TPSA) is 58.6 Å². The SMILES string of the molecule is CC(Oc1ccc(Cl)cc1CO)C(=O)NC(C)(C)C. The number of hydrogen-bond donors (Lipinski definition) is 2. The smallest absolute Gasteiger partial charge is 0.261 e. The number of aliphatic hydroxyl groups is 1. The van der Waals surface area contributed by atoms with Crippen molar-refractivity contribution in [3.63, 3.8) is 0 Å². The van der Waals surface area contributed by atoms with E-state index in [0.717, 1.165) is 0 Å². The third-order valence-corrected chi connectivity index (χ3v) is 2.60. The van der Waals surface area contributed by atoms with Crippen LogP contribution in [0.5, 0.6) is 5.75 Å². The highest BCUT2D eigenvalue weighted by Gasteiger charge is 2.21. The van der Waals surface area contributed by atoms with Gasteiger partial charge in [0.15, 0.2) is 6.10 Å². The van der Waals surface area contributed by atoms with Crippen molar-refractivity contribution in [3.05, 3.63) is 28.8 Å². The van der Waals surface area contributed by atoms with Crippen LogP contribution >= 0.6 is 11.6 Å². The number of halogens is 1. The van der Waals surface area contributed by atoms with Gasteiger partial charge < -0.3 is 15.2 Å². The van der Waals surface area contributed by atoms with Gasteiger partial charge in [-0.15, -0.1) is 0 Å². The summed E-state index contributed by atoms with van der Waals surface area (Å²) in [5.74, 6) is 0.259. The zero-order valence-electron chi connectivity index (χ0n) is 11.7. The van der Waals surface area contributed by atoms with E-state index in [1.807, 2.05) is 20.8 Å². The molecule has 0 aliphatic rings. The van der Waals surface area contributed by atoms with E-state index in [2.05, 4.69) is 5.32 Å². The molecule has 0 aromatic heterocycles. The van der Waals surface area contributed by atoms with Crippen molar-refractivity contribution in [1.29, 1.82) is 0 Å². The highest BCUT2D eigenvalue weighted by Crippen LogP contribution is 2.24. The first-order chi connectivity index (χ1) is 8.73. The van der Waals surface area contributed by atoms with Crippen molar-refractivity contribution in [1.82, 2.24) is 5.32 Å². The summed E-state index contributed by atoms with van der Waals surface area (Å²) >= 11 is 5.84. The fraction of sp³-hybridized carbons (Fsp3) is 0.500. The van der Waals surface area contributed by atoms with E-state index in [1.165, 1.54) is 0 Å². The van der Waals surface area contributed by atoms with Gasteiger partial charge in [0, 0.05) is 16.1 Å². The average Bonchev–Trinajstić information content (AvgIpc) is 2.29. The molecule has 1 rings (SSSR count). The molecule has 0 radical (unpaired) electrons. The lowest BCUT2D eigenvalue weighted by molar-refractivity contribution is -0.128. The molecule has 0 aliphatic carbocycles. The molecule has 0 spiro atoms. The lowest BCUT2D eigenvalue weighted by Gasteiger charge is -2.24. The zero-order valence-corrected chi connectivity index (χ0v) is 12.4.